The van der Waals surface area contributed by atoms with Gasteiger partial charge in [-0.05, 0) is 11.1 Å². The molecule has 6 heteroatoms. The van der Waals surface area contributed by atoms with E-state index in [0.29, 0.717) is 5.56 Å². The van der Waals surface area contributed by atoms with Crippen molar-refractivity contribution in [3.05, 3.63) is 65.2 Å². The third-order valence-electron chi connectivity index (χ3n) is 3.72. The van der Waals surface area contributed by atoms with Crippen LogP contribution in [0.5, 0.6) is 0 Å². The first kappa shape index (κ1) is 15.5. The van der Waals surface area contributed by atoms with E-state index in [1.807, 2.05) is 30.3 Å². The summed E-state index contributed by atoms with van der Waals surface area (Å²) in [7, 11) is 0. The number of amides is 1. The van der Waals surface area contributed by atoms with E-state index in [1.54, 1.807) is 18.2 Å². The maximum absolute atomic E-state index is 12.7. The van der Waals surface area contributed by atoms with E-state index in [-0.39, 0.29) is 11.1 Å². The molecule has 1 aliphatic rings. The van der Waals surface area contributed by atoms with Gasteiger partial charge in [-0.25, -0.2) is 0 Å². The Hall–Kier alpha value is -3.41. The van der Waals surface area contributed by atoms with Crippen molar-refractivity contribution in [3.8, 4) is 11.1 Å². The predicted octanol–water partition coefficient (Wildman–Crippen LogP) is 2.02. The van der Waals surface area contributed by atoms with Gasteiger partial charge in [-0.15, -0.1) is 0 Å². The largest absolute Gasteiger partial charge is 0.506 e. The molecule has 3 rings (SSSR count). The summed E-state index contributed by atoms with van der Waals surface area (Å²) in [5.41, 5.74) is 1.45. The second-order valence-corrected chi connectivity index (χ2v) is 5.22. The van der Waals surface area contributed by atoms with Crippen molar-refractivity contribution in [1.82, 2.24) is 5.32 Å². The summed E-state index contributed by atoms with van der Waals surface area (Å²) < 4.78 is 0. The Morgan fingerprint density at radius 1 is 0.958 bits per heavy atom. The van der Waals surface area contributed by atoms with Gasteiger partial charge in [-0.3, -0.25) is 14.4 Å². The van der Waals surface area contributed by atoms with Gasteiger partial charge in [-0.2, -0.15) is 0 Å². The summed E-state index contributed by atoms with van der Waals surface area (Å²) >= 11 is 0. The first-order valence-corrected chi connectivity index (χ1v) is 7.17. The molecule has 0 aliphatic heterocycles. The van der Waals surface area contributed by atoms with E-state index < -0.39 is 35.5 Å². The Bertz CT molecular complexity index is 884. The van der Waals surface area contributed by atoms with Crippen LogP contribution in [0.15, 0.2) is 54.1 Å². The van der Waals surface area contributed by atoms with Crippen molar-refractivity contribution in [2.75, 3.05) is 6.54 Å². The molecule has 2 aromatic rings. The summed E-state index contributed by atoms with van der Waals surface area (Å²) in [6.07, 6.45) is 0. The minimum atomic E-state index is -1.24. The zero-order chi connectivity index (χ0) is 17.3. The van der Waals surface area contributed by atoms with Gasteiger partial charge in [-0.1, -0.05) is 48.5 Å². The van der Waals surface area contributed by atoms with E-state index in [9.17, 15) is 19.5 Å². The van der Waals surface area contributed by atoms with Crippen LogP contribution in [-0.2, 0) is 9.59 Å². The number of carbonyl (C=O) groups is 3. The number of carbonyl (C=O) groups excluding carboxylic acids is 2. The molecule has 0 aromatic heterocycles. The molecule has 1 aliphatic carbocycles. The summed E-state index contributed by atoms with van der Waals surface area (Å²) in [4.78, 5) is 35.3. The number of Topliss-reactive ketones (excluding diaryl/α,β-unsaturated/α-hetero) is 1. The van der Waals surface area contributed by atoms with Crippen LogP contribution in [0.3, 0.4) is 0 Å². The Kier molecular flexibility index (Phi) is 3.87. The molecule has 0 spiro atoms. The average Bonchev–Trinajstić information content (AvgIpc) is 2.85. The minimum Gasteiger partial charge on any atom is -0.506 e. The first-order chi connectivity index (χ1) is 11.5. The van der Waals surface area contributed by atoms with Crippen LogP contribution in [0.25, 0.3) is 16.9 Å². The second-order valence-electron chi connectivity index (χ2n) is 5.22. The SMILES string of the molecule is O=C(O)CNC(=O)C1=C(O)c2cccc(-c3ccccc3)c2C1=O. The molecule has 0 radical (unpaired) electrons. The molecule has 1 amide bonds. The first-order valence-electron chi connectivity index (χ1n) is 7.17. The van der Waals surface area contributed by atoms with Crippen molar-refractivity contribution in [1.29, 1.82) is 0 Å². The van der Waals surface area contributed by atoms with Crippen molar-refractivity contribution in [3.63, 3.8) is 0 Å². The normalized spacial score (nSPS) is 12.9. The summed E-state index contributed by atoms with van der Waals surface area (Å²) in [6, 6.07) is 14.1. The van der Waals surface area contributed by atoms with Gasteiger partial charge in [0.25, 0.3) is 5.91 Å². The van der Waals surface area contributed by atoms with Gasteiger partial charge in [0.1, 0.15) is 17.9 Å². The molecule has 0 saturated heterocycles. The van der Waals surface area contributed by atoms with E-state index in [2.05, 4.69) is 5.32 Å². The molecule has 24 heavy (non-hydrogen) atoms. The molecule has 120 valence electrons. The topological polar surface area (TPSA) is 104 Å². The molecule has 0 fully saturated rings. The number of nitrogens with one attached hydrogen (secondary N) is 1. The highest BCUT2D eigenvalue weighted by Crippen LogP contribution is 2.37. The third-order valence-corrected chi connectivity index (χ3v) is 3.72. The number of aliphatic carboxylic acids is 1. The molecule has 0 heterocycles. The van der Waals surface area contributed by atoms with Crippen LogP contribution in [0, 0.1) is 0 Å². The number of rotatable bonds is 4. The number of aliphatic hydroxyl groups excluding tert-OH is 1. The molecular weight excluding hydrogens is 310 g/mol. The smallest absolute Gasteiger partial charge is 0.322 e. The van der Waals surface area contributed by atoms with Crippen molar-refractivity contribution in [2.45, 2.75) is 0 Å². The highest BCUT2D eigenvalue weighted by Gasteiger charge is 2.36. The molecule has 0 bridgehead atoms. The maximum Gasteiger partial charge on any atom is 0.322 e. The van der Waals surface area contributed by atoms with E-state index >= 15 is 0 Å². The maximum atomic E-state index is 12.7. The number of fused-ring (bicyclic) bond motifs is 1. The highest BCUT2D eigenvalue weighted by molar-refractivity contribution is 6.35. The molecule has 2 aromatic carbocycles. The zero-order valence-electron chi connectivity index (χ0n) is 12.4. The van der Waals surface area contributed by atoms with Crippen LogP contribution >= 0.6 is 0 Å². The lowest BCUT2D eigenvalue weighted by Gasteiger charge is -2.08. The predicted molar refractivity (Wildman–Crippen MR) is 86.4 cm³/mol. The molecule has 6 nitrogen and oxygen atoms in total. The van der Waals surface area contributed by atoms with Gasteiger partial charge >= 0.3 is 5.97 Å². The lowest BCUT2D eigenvalue weighted by Crippen LogP contribution is -2.32. The van der Waals surface area contributed by atoms with E-state index in [0.717, 1.165) is 5.56 Å². The number of ketones is 1. The van der Waals surface area contributed by atoms with Gasteiger partial charge in [0.15, 0.2) is 0 Å². The number of benzene rings is 2. The second kappa shape index (κ2) is 6.00. The van der Waals surface area contributed by atoms with Gasteiger partial charge < -0.3 is 15.5 Å². The quantitative estimate of drug-likeness (QED) is 0.747. The summed E-state index contributed by atoms with van der Waals surface area (Å²) in [6.45, 7) is -0.634. The van der Waals surface area contributed by atoms with Gasteiger partial charge in [0, 0.05) is 11.1 Å². The van der Waals surface area contributed by atoms with Crippen molar-refractivity contribution in [2.24, 2.45) is 0 Å². The average molecular weight is 323 g/mol. The Morgan fingerprint density at radius 2 is 1.62 bits per heavy atom. The fourth-order valence-corrected chi connectivity index (χ4v) is 2.67. The lowest BCUT2D eigenvalue weighted by atomic mass is 9.95. The standard InChI is InChI=1S/C18H13NO5/c20-13(21)9-19-18(24)15-16(22)12-8-4-7-11(14(12)17(15)23)10-5-2-1-3-6-10/h1-8,22H,9H2,(H,19,24)(H,20,21). The van der Waals surface area contributed by atoms with Gasteiger partial charge in [0.2, 0.25) is 5.78 Å². The third kappa shape index (κ3) is 2.54. The van der Waals surface area contributed by atoms with Crippen LogP contribution in [0.4, 0.5) is 0 Å². The zero-order valence-corrected chi connectivity index (χ0v) is 12.4. The summed E-state index contributed by atoms with van der Waals surface area (Å²) in [5.74, 6) is -3.20. The van der Waals surface area contributed by atoms with Crippen LogP contribution < -0.4 is 5.32 Å². The molecule has 0 atom stereocenters. The van der Waals surface area contributed by atoms with Crippen molar-refractivity contribution >= 4 is 23.4 Å². The number of hydrogen-bond acceptors (Lipinski definition) is 4. The Labute approximate surface area is 137 Å². The fraction of sp³-hybridized carbons (Fsp3) is 0.0556. The van der Waals surface area contributed by atoms with E-state index in [1.165, 1.54) is 0 Å². The molecule has 3 N–H and O–H groups in total. The van der Waals surface area contributed by atoms with Crippen molar-refractivity contribution < 1.29 is 24.6 Å². The van der Waals surface area contributed by atoms with Crippen LogP contribution in [0.2, 0.25) is 0 Å². The monoisotopic (exact) mass is 323 g/mol. The molecular formula is C18H13NO5. The fourth-order valence-electron chi connectivity index (χ4n) is 2.67. The number of carboxylic acids is 1. The van der Waals surface area contributed by atoms with Crippen LogP contribution in [-0.4, -0.2) is 34.4 Å². The lowest BCUT2D eigenvalue weighted by molar-refractivity contribution is -0.137. The van der Waals surface area contributed by atoms with Crippen LogP contribution in [0.1, 0.15) is 15.9 Å². The number of carboxylic acid groups (broad SMARTS) is 1. The highest BCUT2D eigenvalue weighted by atomic mass is 16.4. The molecule has 0 saturated carbocycles. The summed E-state index contributed by atoms with van der Waals surface area (Å²) in [5, 5.41) is 21.0. The van der Waals surface area contributed by atoms with Gasteiger partial charge in [0.05, 0.1) is 0 Å². The minimum absolute atomic E-state index is 0.238. The molecule has 0 unspecified atom stereocenters. The Balaban J connectivity index is 2.04. The Morgan fingerprint density at radius 3 is 2.29 bits per heavy atom. The van der Waals surface area contributed by atoms with E-state index in [4.69, 9.17) is 5.11 Å². The number of hydrogen-bond donors (Lipinski definition) is 3. The number of aliphatic hydroxyl groups is 1.